The van der Waals surface area contributed by atoms with Gasteiger partial charge in [-0.25, -0.2) is 0 Å². The highest BCUT2D eigenvalue weighted by Crippen LogP contribution is 2.43. The van der Waals surface area contributed by atoms with Crippen LogP contribution in [0.4, 0.5) is 18.9 Å². The first-order valence-corrected chi connectivity index (χ1v) is 8.39. The van der Waals surface area contributed by atoms with Crippen molar-refractivity contribution in [2.24, 2.45) is 5.92 Å². The summed E-state index contributed by atoms with van der Waals surface area (Å²) in [7, 11) is 0. The largest absolute Gasteiger partial charge is 0.416 e. The van der Waals surface area contributed by atoms with E-state index in [0.29, 0.717) is 5.69 Å². The lowest BCUT2D eigenvalue weighted by Crippen LogP contribution is -2.24. The van der Waals surface area contributed by atoms with Crippen molar-refractivity contribution in [3.05, 3.63) is 64.7 Å². The molecule has 0 radical (unpaired) electrons. The Hall–Kier alpha value is -2.81. The Balaban J connectivity index is 1.64. The molecular formula is C20H15F3N2O. The molecule has 0 spiro atoms. The number of nitriles is 1. The lowest BCUT2D eigenvalue weighted by Gasteiger charge is -2.31. The number of rotatable bonds is 2. The highest BCUT2D eigenvalue weighted by atomic mass is 19.4. The predicted octanol–water partition coefficient (Wildman–Crippen LogP) is 4.88. The van der Waals surface area contributed by atoms with E-state index in [1.807, 2.05) is 18.2 Å². The summed E-state index contributed by atoms with van der Waals surface area (Å²) in [4.78, 5) is 14.0. The molecule has 1 saturated carbocycles. The van der Waals surface area contributed by atoms with E-state index in [-0.39, 0.29) is 29.5 Å². The Bertz CT molecular complexity index is 923. The molecule has 6 heteroatoms. The van der Waals surface area contributed by atoms with Gasteiger partial charge in [0.25, 0.3) is 5.91 Å². The number of benzene rings is 2. The average molecular weight is 356 g/mol. The number of hydrogen-bond acceptors (Lipinski definition) is 2. The van der Waals surface area contributed by atoms with E-state index in [1.165, 1.54) is 17.0 Å². The predicted molar refractivity (Wildman–Crippen MR) is 89.5 cm³/mol. The number of carbonyl (C=O) groups is 1. The number of carbonyl (C=O) groups excluding carboxylic acids is 1. The zero-order chi connectivity index (χ0) is 18.5. The molecule has 1 aliphatic heterocycles. The van der Waals surface area contributed by atoms with Crippen molar-refractivity contribution in [1.29, 1.82) is 5.26 Å². The van der Waals surface area contributed by atoms with Gasteiger partial charge in [0.2, 0.25) is 0 Å². The molecular weight excluding hydrogens is 341 g/mol. The Labute approximate surface area is 148 Å². The molecule has 3 nitrogen and oxygen atoms in total. The minimum absolute atomic E-state index is 0.0311. The van der Waals surface area contributed by atoms with Gasteiger partial charge in [-0.3, -0.25) is 4.79 Å². The molecule has 2 aromatic rings. The molecule has 132 valence electrons. The number of alkyl halides is 3. The summed E-state index contributed by atoms with van der Waals surface area (Å²) < 4.78 is 39.7. The number of fused-ring (bicyclic) bond motifs is 1. The van der Waals surface area contributed by atoms with E-state index < -0.39 is 17.6 Å². The minimum Gasteiger partial charge on any atom is -0.304 e. The van der Waals surface area contributed by atoms with Crippen LogP contribution < -0.4 is 4.90 Å². The minimum atomic E-state index is -4.48. The first-order valence-electron chi connectivity index (χ1n) is 8.39. The monoisotopic (exact) mass is 356 g/mol. The highest BCUT2D eigenvalue weighted by Gasteiger charge is 2.40. The highest BCUT2D eigenvalue weighted by molar-refractivity contribution is 6.10. The van der Waals surface area contributed by atoms with E-state index in [4.69, 9.17) is 5.26 Å². The Morgan fingerprint density at radius 1 is 1.12 bits per heavy atom. The molecule has 0 unspecified atom stereocenters. The summed E-state index contributed by atoms with van der Waals surface area (Å²) in [5.41, 5.74) is 1.01. The number of nitrogens with zero attached hydrogens (tertiary/aromatic N) is 2. The lowest BCUT2D eigenvalue weighted by atomic mass is 9.72. The summed E-state index contributed by atoms with van der Waals surface area (Å²) in [6.45, 7) is -0.0845. The van der Waals surface area contributed by atoms with E-state index in [0.717, 1.165) is 24.5 Å². The normalized spacial score (nSPS) is 21.9. The molecule has 4 rings (SSSR count). The first-order chi connectivity index (χ1) is 12.4. The molecule has 2 aliphatic rings. The molecule has 0 saturated heterocycles. The lowest BCUT2D eigenvalue weighted by molar-refractivity contribution is -0.138. The van der Waals surface area contributed by atoms with Gasteiger partial charge in [-0.2, -0.15) is 18.4 Å². The van der Waals surface area contributed by atoms with Gasteiger partial charge in [0, 0.05) is 17.2 Å². The van der Waals surface area contributed by atoms with Gasteiger partial charge in [0.1, 0.15) is 0 Å². The standard InChI is InChI=1S/C20H15F3N2O/c21-20(22,23)18-6-2-5-16-17(18)11-25(19(16)26)15-4-1-3-13(9-15)14-7-12(8-14)10-24/h1-6,9,12,14H,7-8,11H2. The fourth-order valence-electron chi connectivity index (χ4n) is 3.75. The zero-order valence-electron chi connectivity index (χ0n) is 13.8. The van der Waals surface area contributed by atoms with Gasteiger partial charge in [-0.05, 0) is 54.2 Å². The third-order valence-electron chi connectivity index (χ3n) is 5.25. The summed E-state index contributed by atoms with van der Waals surface area (Å²) >= 11 is 0. The number of anilines is 1. The third-order valence-corrected chi connectivity index (χ3v) is 5.25. The van der Waals surface area contributed by atoms with Crippen LogP contribution in [-0.4, -0.2) is 5.91 Å². The number of hydrogen-bond donors (Lipinski definition) is 0. The molecule has 1 heterocycles. The van der Waals surface area contributed by atoms with Crippen molar-refractivity contribution < 1.29 is 18.0 Å². The maximum Gasteiger partial charge on any atom is 0.416 e. The fraction of sp³-hybridized carbons (Fsp3) is 0.300. The van der Waals surface area contributed by atoms with Crippen LogP contribution in [-0.2, 0) is 12.7 Å². The van der Waals surface area contributed by atoms with Gasteiger partial charge >= 0.3 is 6.18 Å². The molecule has 1 aliphatic carbocycles. The maximum absolute atomic E-state index is 13.2. The van der Waals surface area contributed by atoms with Crippen molar-refractivity contribution in [3.63, 3.8) is 0 Å². The maximum atomic E-state index is 13.2. The smallest absolute Gasteiger partial charge is 0.304 e. The second-order valence-electron chi connectivity index (χ2n) is 6.81. The van der Waals surface area contributed by atoms with Crippen LogP contribution >= 0.6 is 0 Å². The molecule has 0 aromatic heterocycles. The van der Waals surface area contributed by atoms with E-state index in [2.05, 4.69) is 6.07 Å². The summed E-state index contributed by atoms with van der Waals surface area (Å²) in [5.74, 6) is -0.0761. The molecule has 1 amide bonds. The van der Waals surface area contributed by atoms with Crippen LogP contribution in [0, 0.1) is 17.2 Å². The van der Waals surface area contributed by atoms with Crippen molar-refractivity contribution >= 4 is 11.6 Å². The second-order valence-corrected chi connectivity index (χ2v) is 6.81. The van der Waals surface area contributed by atoms with Gasteiger partial charge in [0.15, 0.2) is 0 Å². The summed E-state index contributed by atoms with van der Waals surface area (Å²) in [5, 5.41) is 8.91. The van der Waals surface area contributed by atoms with Gasteiger partial charge in [0.05, 0.1) is 18.2 Å². The fourth-order valence-corrected chi connectivity index (χ4v) is 3.75. The molecule has 0 N–H and O–H groups in total. The van der Waals surface area contributed by atoms with Crippen LogP contribution in [0.25, 0.3) is 0 Å². The summed E-state index contributed by atoms with van der Waals surface area (Å²) in [6.07, 6.45) is -2.92. The van der Waals surface area contributed by atoms with E-state index in [1.54, 1.807) is 6.07 Å². The number of halogens is 3. The van der Waals surface area contributed by atoms with Gasteiger partial charge in [-0.15, -0.1) is 0 Å². The van der Waals surface area contributed by atoms with Crippen LogP contribution in [0.1, 0.15) is 45.8 Å². The number of amides is 1. The molecule has 1 fully saturated rings. The van der Waals surface area contributed by atoms with E-state index >= 15 is 0 Å². The first kappa shape index (κ1) is 16.6. The third kappa shape index (κ3) is 2.64. The van der Waals surface area contributed by atoms with Crippen molar-refractivity contribution in [2.75, 3.05) is 4.90 Å². The van der Waals surface area contributed by atoms with Crippen molar-refractivity contribution in [2.45, 2.75) is 31.5 Å². The van der Waals surface area contributed by atoms with Crippen LogP contribution in [0.3, 0.4) is 0 Å². The van der Waals surface area contributed by atoms with Crippen LogP contribution in [0.5, 0.6) is 0 Å². The molecule has 26 heavy (non-hydrogen) atoms. The summed E-state index contributed by atoms with van der Waals surface area (Å²) in [6, 6.07) is 13.3. The molecule has 2 aromatic carbocycles. The zero-order valence-corrected chi connectivity index (χ0v) is 13.8. The van der Waals surface area contributed by atoms with Crippen LogP contribution in [0.15, 0.2) is 42.5 Å². The second kappa shape index (κ2) is 5.87. The average Bonchev–Trinajstić information content (AvgIpc) is 2.90. The quantitative estimate of drug-likeness (QED) is 0.769. The van der Waals surface area contributed by atoms with E-state index in [9.17, 15) is 18.0 Å². The Kier molecular flexibility index (Phi) is 3.76. The van der Waals surface area contributed by atoms with Crippen molar-refractivity contribution in [1.82, 2.24) is 0 Å². The Morgan fingerprint density at radius 3 is 2.54 bits per heavy atom. The van der Waals surface area contributed by atoms with Gasteiger partial charge < -0.3 is 4.90 Å². The molecule has 0 atom stereocenters. The molecule has 0 bridgehead atoms. The van der Waals surface area contributed by atoms with Crippen molar-refractivity contribution in [3.8, 4) is 6.07 Å². The Morgan fingerprint density at radius 2 is 1.85 bits per heavy atom. The van der Waals surface area contributed by atoms with Crippen LogP contribution in [0.2, 0.25) is 0 Å². The van der Waals surface area contributed by atoms with Gasteiger partial charge in [-0.1, -0.05) is 18.2 Å². The SMILES string of the molecule is N#CC1CC(c2cccc(N3Cc4c(cccc4C(F)(F)F)C3=O)c2)C1. The topological polar surface area (TPSA) is 44.1 Å².